The van der Waals surface area contributed by atoms with Crippen molar-refractivity contribution in [3.05, 3.63) is 0 Å². The van der Waals surface area contributed by atoms with Gasteiger partial charge in [-0.15, -0.1) is 0 Å². The van der Waals surface area contributed by atoms with Crippen LogP contribution >= 0.6 is 0 Å². The molecule has 0 aliphatic carbocycles. The number of alkyl halides is 6. The summed E-state index contributed by atoms with van der Waals surface area (Å²) < 4.78 is 79.2. The lowest BCUT2D eigenvalue weighted by Crippen LogP contribution is -2.50. The van der Waals surface area contributed by atoms with E-state index in [9.17, 15) is 31.1 Å². The van der Waals surface area contributed by atoms with Gasteiger partial charge in [0.15, 0.2) is 5.41 Å². The molecule has 8 heteroatoms. The van der Waals surface area contributed by atoms with Crippen molar-refractivity contribution in [3.63, 3.8) is 0 Å². The summed E-state index contributed by atoms with van der Waals surface area (Å²) in [4.78, 5) is 11.4. The molecule has 0 aromatic carbocycles. The third-order valence-corrected chi connectivity index (χ3v) is 2.81. The highest BCUT2D eigenvalue weighted by Crippen LogP contribution is 2.44. The summed E-state index contributed by atoms with van der Waals surface area (Å²) >= 11 is 0. The first kappa shape index (κ1) is 17.1. The summed E-state index contributed by atoms with van der Waals surface area (Å²) in [6, 6.07) is 0. The molecule has 0 saturated heterocycles. The molecular formula is C10H14F6O2. The van der Waals surface area contributed by atoms with Crippen LogP contribution in [0.25, 0.3) is 0 Å². The van der Waals surface area contributed by atoms with Crippen molar-refractivity contribution in [1.82, 2.24) is 0 Å². The predicted octanol–water partition coefficient (Wildman–Crippen LogP) is 3.85. The average molecular weight is 280 g/mol. The average Bonchev–Trinajstić information content (AvgIpc) is 2.11. The molecule has 108 valence electrons. The number of esters is 1. The molecule has 0 radical (unpaired) electrons. The molecule has 1 unspecified atom stereocenters. The number of rotatable bonds is 3. The molecule has 0 bridgehead atoms. The minimum absolute atomic E-state index is 0.497. The summed E-state index contributed by atoms with van der Waals surface area (Å²) in [7, 11) is 0. The molecule has 0 amide bonds. The first-order valence-corrected chi connectivity index (χ1v) is 5.06. The van der Waals surface area contributed by atoms with Crippen LogP contribution in [0.3, 0.4) is 0 Å². The van der Waals surface area contributed by atoms with Gasteiger partial charge in [0.1, 0.15) is 0 Å². The zero-order valence-electron chi connectivity index (χ0n) is 10.3. The van der Waals surface area contributed by atoms with Crippen LogP contribution in [0.4, 0.5) is 26.3 Å². The van der Waals surface area contributed by atoms with Gasteiger partial charge < -0.3 is 4.74 Å². The SMILES string of the molecule is CCC(C)(C(=O)OC(C)(C)C(F)(F)F)C(F)(F)F. The van der Waals surface area contributed by atoms with Crippen LogP contribution in [-0.2, 0) is 9.53 Å². The molecule has 0 fully saturated rings. The number of hydrogen-bond acceptors (Lipinski definition) is 2. The van der Waals surface area contributed by atoms with Crippen LogP contribution in [0, 0.1) is 5.41 Å². The van der Waals surface area contributed by atoms with Gasteiger partial charge in [0.05, 0.1) is 0 Å². The molecule has 0 N–H and O–H groups in total. The van der Waals surface area contributed by atoms with Gasteiger partial charge in [-0.2, -0.15) is 26.3 Å². The van der Waals surface area contributed by atoms with Crippen LogP contribution in [-0.4, -0.2) is 23.9 Å². The van der Waals surface area contributed by atoms with Crippen molar-refractivity contribution in [2.24, 2.45) is 5.41 Å². The quantitative estimate of drug-likeness (QED) is 0.580. The molecule has 0 rings (SSSR count). The van der Waals surface area contributed by atoms with E-state index < -0.39 is 35.8 Å². The van der Waals surface area contributed by atoms with Gasteiger partial charge in [0.2, 0.25) is 5.60 Å². The third kappa shape index (κ3) is 3.08. The van der Waals surface area contributed by atoms with E-state index in [2.05, 4.69) is 4.74 Å². The Morgan fingerprint density at radius 3 is 1.56 bits per heavy atom. The predicted molar refractivity (Wildman–Crippen MR) is 50.7 cm³/mol. The Morgan fingerprint density at radius 1 is 0.944 bits per heavy atom. The summed E-state index contributed by atoms with van der Waals surface area (Å²) in [5.41, 5.74) is -5.92. The van der Waals surface area contributed by atoms with Crippen LogP contribution in [0.15, 0.2) is 0 Å². The maximum Gasteiger partial charge on any atom is 0.427 e. The van der Waals surface area contributed by atoms with E-state index in [-0.39, 0.29) is 0 Å². The largest absolute Gasteiger partial charge is 0.449 e. The van der Waals surface area contributed by atoms with Crippen molar-refractivity contribution in [3.8, 4) is 0 Å². The topological polar surface area (TPSA) is 26.3 Å². The first-order valence-electron chi connectivity index (χ1n) is 5.06. The Kier molecular flexibility index (Phi) is 4.38. The maximum absolute atomic E-state index is 12.6. The zero-order chi connectivity index (χ0) is 15.0. The molecule has 0 spiro atoms. The summed E-state index contributed by atoms with van der Waals surface area (Å²) in [5, 5.41) is 0. The minimum atomic E-state index is -4.97. The Labute approximate surface area is 100 Å². The highest BCUT2D eigenvalue weighted by Gasteiger charge is 2.60. The van der Waals surface area contributed by atoms with Crippen LogP contribution < -0.4 is 0 Å². The van der Waals surface area contributed by atoms with Crippen LogP contribution in [0.1, 0.15) is 34.1 Å². The van der Waals surface area contributed by atoms with Gasteiger partial charge in [-0.1, -0.05) is 6.92 Å². The standard InChI is InChI=1S/C10H14F6O2/c1-5-8(4,10(14,15)16)6(17)18-7(2,3)9(11,12)13/h5H2,1-4H3. The molecule has 0 aromatic heterocycles. The van der Waals surface area contributed by atoms with Crippen molar-refractivity contribution < 1.29 is 35.9 Å². The minimum Gasteiger partial charge on any atom is -0.449 e. The highest BCUT2D eigenvalue weighted by atomic mass is 19.4. The molecule has 0 aliphatic rings. The van der Waals surface area contributed by atoms with Gasteiger partial charge in [-0.25, -0.2) is 0 Å². The van der Waals surface area contributed by atoms with Crippen LogP contribution in [0.5, 0.6) is 0 Å². The van der Waals surface area contributed by atoms with Crippen LogP contribution in [0.2, 0.25) is 0 Å². The van der Waals surface area contributed by atoms with Gasteiger partial charge in [-0.3, -0.25) is 4.79 Å². The van der Waals surface area contributed by atoms with E-state index in [0.717, 1.165) is 6.92 Å². The molecule has 18 heavy (non-hydrogen) atoms. The van der Waals surface area contributed by atoms with Gasteiger partial charge in [0.25, 0.3) is 0 Å². The monoisotopic (exact) mass is 280 g/mol. The van der Waals surface area contributed by atoms with Crippen molar-refractivity contribution in [2.45, 2.75) is 52.1 Å². The summed E-state index contributed by atoms with van der Waals surface area (Å²) in [6.45, 7) is 2.56. The lowest BCUT2D eigenvalue weighted by molar-refractivity contribution is -0.277. The smallest absolute Gasteiger partial charge is 0.427 e. The first-order chi connectivity index (χ1) is 7.69. The number of carbonyl (C=O) groups is 1. The van der Waals surface area contributed by atoms with Crippen molar-refractivity contribution in [2.75, 3.05) is 0 Å². The zero-order valence-corrected chi connectivity index (χ0v) is 10.3. The number of halogens is 6. The highest BCUT2D eigenvalue weighted by molar-refractivity contribution is 5.77. The van der Waals surface area contributed by atoms with E-state index in [1.54, 1.807) is 0 Å². The lowest BCUT2D eigenvalue weighted by Gasteiger charge is -2.34. The van der Waals surface area contributed by atoms with E-state index in [4.69, 9.17) is 0 Å². The molecule has 0 aromatic rings. The number of carbonyl (C=O) groups excluding carboxylic acids is 1. The second-order valence-corrected chi connectivity index (χ2v) is 4.58. The third-order valence-electron chi connectivity index (χ3n) is 2.81. The molecule has 2 nitrogen and oxygen atoms in total. The Bertz CT molecular complexity index is 317. The fourth-order valence-electron chi connectivity index (χ4n) is 0.863. The van der Waals surface area contributed by atoms with Crippen molar-refractivity contribution in [1.29, 1.82) is 0 Å². The Morgan fingerprint density at radius 2 is 1.33 bits per heavy atom. The lowest BCUT2D eigenvalue weighted by atomic mass is 9.86. The van der Waals surface area contributed by atoms with Gasteiger partial charge in [0, 0.05) is 0 Å². The second kappa shape index (κ2) is 4.62. The maximum atomic E-state index is 12.6. The van der Waals surface area contributed by atoms with Crippen molar-refractivity contribution >= 4 is 5.97 Å². The fraction of sp³-hybridized carbons (Fsp3) is 0.900. The fourth-order valence-corrected chi connectivity index (χ4v) is 0.863. The molecule has 0 heterocycles. The molecule has 0 aliphatic heterocycles. The van der Waals surface area contributed by atoms with Gasteiger partial charge in [-0.05, 0) is 27.2 Å². The van der Waals surface area contributed by atoms with E-state index in [0.29, 0.717) is 20.8 Å². The Hall–Kier alpha value is -0.950. The summed E-state index contributed by atoms with van der Waals surface area (Å²) in [6.07, 6.45) is -10.6. The van der Waals surface area contributed by atoms with E-state index >= 15 is 0 Å². The van der Waals surface area contributed by atoms with Gasteiger partial charge >= 0.3 is 18.3 Å². The Balaban J connectivity index is 5.20. The molecule has 0 saturated carbocycles. The number of hydrogen-bond donors (Lipinski definition) is 0. The normalized spacial score (nSPS) is 17.2. The molecule has 1 atom stereocenters. The van der Waals surface area contributed by atoms with E-state index in [1.165, 1.54) is 0 Å². The molecular weight excluding hydrogens is 266 g/mol. The second-order valence-electron chi connectivity index (χ2n) is 4.58. The van der Waals surface area contributed by atoms with E-state index in [1.807, 2.05) is 0 Å². The summed E-state index contributed by atoms with van der Waals surface area (Å²) in [5.74, 6) is -1.93. The number of ether oxygens (including phenoxy) is 1.